The van der Waals surface area contributed by atoms with Crippen molar-refractivity contribution in [1.29, 1.82) is 0 Å². The van der Waals surface area contributed by atoms with Gasteiger partial charge in [0, 0.05) is 15.6 Å². The minimum absolute atomic E-state index is 0.0480. The third-order valence-corrected chi connectivity index (χ3v) is 7.21. The van der Waals surface area contributed by atoms with Gasteiger partial charge in [-0.1, -0.05) is 77.1 Å². The SMILES string of the molecule is CC(C)Cc1cccc2c1sc1c(-c3cc(C(C)(C)C)c4ccccc4c3)ncnc12. The zero-order valence-corrected chi connectivity index (χ0v) is 19.7. The van der Waals surface area contributed by atoms with Gasteiger partial charge < -0.3 is 0 Å². The molecule has 0 bridgehead atoms. The Morgan fingerprint density at radius 1 is 0.871 bits per heavy atom. The Bertz CT molecular complexity index is 1420. The van der Waals surface area contributed by atoms with Crippen LogP contribution in [0.2, 0.25) is 0 Å². The van der Waals surface area contributed by atoms with Gasteiger partial charge in [0.25, 0.3) is 0 Å². The van der Waals surface area contributed by atoms with Crippen LogP contribution >= 0.6 is 11.3 Å². The zero-order chi connectivity index (χ0) is 21.8. The molecule has 31 heavy (non-hydrogen) atoms. The first-order chi connectivity index (χ1) is 14.8. The minimum Gasteiger partial charge on any atom is -0.235 e. The number of hydrogen-bond donors (Lipinski definition) is 0. The van der Waals surface area contributed by atoms with Crippen molar-refractivity contribution >= 4 is 42.4 Å². The van der Waals surface area contributed by atoms with E-state index in [0.29, 0.717) is 5.92 Å². The molecular weight excluding hydrogens is 396 g/mol. The van der Waals surface area contributed by atoms with E-state index in [4.69, 9.17) is 9.97 Å². The third kappa shape index (κ3) is 3.51. The first kappa shape index (κ1) is 20.1. The van der Waals surface area contributed by atoms with Crippen LogP contribution in [0.15, 0.2) is 60.9 Å². The van der Waals surface area contributed by atoms with Crippen LogP contribution in [-0.4, -0.2) is 9.97 Å². The van der Waals surface area contributed by atoms with Gasteiger partial charge in [-0.3, -0.25) is 0 Å². The maximum atomic E-state index is 4.79. The zero-order valence-electron chi connectivity index (χ0n) is 18.9. The van der Waals surface area contributed by atoms with E-state index in [2.05, 4.69) is 89.2 Å². The molecule has 0 spiro atoms. The van der Waals surface area contributed by atoms with E-state index < -0.39 is 0 Å². The third-order valence-electron chi connectivity index (χ3n) is 5.93. The van der Waals surface area contributed by atoms with E-state index >= 15 is 0 Å². The van der Waals surface area contributed by atoms with Crippen molar-refractivity contribution in [2.75, 3.05) is 0 Å². The van der Waals surface area contributed by atoms with Gasteiger partial charge in [-0.15, -0.1) is 11.3 Å². The summed E-state index contributed by atoms with van der Waals surface area (Å²) in [6.07, 6.45) is 2.81. The maximum absolute atomic E-state index is 4.79. The summed E-state index contributed by atoms with van der Waals surface area (Å²) >= 11 is 1.85. The van der Waals surface area contributed by atoms with Crippen molar-refractivity contribution in [1.82, 2.24) is 9.97 Å². The molecule has 0 saturated heterocycles. The summed E-state index contributed by atoms with van der Waals surface area (Å²) in [5, 5.41) is 3.83. The lowest BCUT2D eigenvalue weighted by atomic mass is 9.82. The van der Waals surface area contributed by atoms with Gasteiger partial charge in [0.1, 0.15) is 6.33 Å². The normalized spacial score (nSPS) is 12.5. The molecule has 2 heterocycles. The lowest BCUT2D eigenvalue weighted by molar-refractivity contribution is 0.596. The van der Waals surface area contributed by atoms with Crippen LogP contribution in [0.25, 0.3) is 42.3 Å². The van der Waals surface area contributed by atoms with Gasteiger partial charge >= 0.3 is 0 Å². The highest BCUT2D eigenvalue weighted by atomic mass is 32.1. The average Bonchev–Trinajstić information content (AvgIpc) is 3.12. The Hall–Kier alpha value is -2.78. The molecule has 0 atom stereocenters. The van der Waals surface area contributed by atoms with E-state index in [0.717, 1.165) is 17.6 Å². The topological polar surface area (TPSA) is 25.8 Å². The van der Waals surface area contributed by atoms with Crippen LogP contribution in [0.4, 0.5) is 0 Å². The first-order valence-corrected chi connectivity index (χ1v) is 11.8. The standard InChI is InChI=1S/C28H28N2S/c1-17(2)13-19-10-8-12-22-25-27(31-26(19)22)24(29-16-30-25)20-14-18-9-6-7-11-21(18)23(15-20)28(3,4)5/h6-12,14-17H,13H2,1-5H3. The van der Waals surface area contributed by atoms with Crippen LogP contribution in [-0.2, 0) is 11.8 Å². The van der Waals surface area contributed by atoms with Crippen molar-refractivity contribution in [3.63, 3.8) is 0 Å². The monoisotopic (exact) mass is 424 g/mol. The molecule has 3 heteroatoms. The smallest absolute Gasteiger partial charge is 0.116 e. The number of benzene rings is 3. The predicted molar refractivity (Wildman–Crippen MR) is 135 cm³/mol. The molecule has 0 saturated carbocycles. The summed E-state index contributed by atoms with van der Waals surface area (Å²) in [7, 11) is 0. The molecule has 2 nitrogen and oxygen atoms in total. The fourth-order valence-corrected chi connectivity index (χ4v) is 5.82. The summed E-state index contributed by atoms with van der Waals surface area (Å²) in [4.78, 5) is 9.50. The molecule has 3 aromatic carbocycles. The van der Waals surface area contributed by atoms with Crippen molar-refractivity contribution in [2.45, 2.75) is 46.5 Å². The average molecular weight is 425 g/mol. The summed E-state index contributed by atoms with van der Waals surface area (Å²) < 4.78 is 2.54. The molecule has 156 valence electrons. The lowest BCUT2D eigenvalue weighted by Gasteiger charge is -2.22. The minimum atomic E-state index is 0.0480. The van der Waals surface area contributed by atoms with Crippen LogP contribution in [0, 0.1) is 5.92 Å². The molecule has 0 aliphatic heterocycles. The number of fused-ring (bicyclic) bond motifs is 4. The molecule has 0 unspecified atom stereocenters. The molecule has 0 radical (unpaired) electrons. The maximum Gasteiger partial charge on any atom is 0.116 e. The number of nitrogens with zero attached hydrogens (tertiary/aromatic N) is 2. The van der Waals surface area contributed by atoms with Gasteiger partial charge in [0.15, 0.2) is 0 Å². The van der Waals surface area contributed by atoms with E-state index in [1.165, 1.54) is 42.2 Å². The number of rotatable bonds is 3. The number of aromatic nitrogens is 2. The Labute approximate surface area is 188 Å². The quantitative estimate of drug-likeness (QED) is 0.292. The Balaban J connectivity index is 1.81. The number of hydrogen-bond acceptors (Lipinski definition) is 3. The van der Waals surface area contributed by atoms with Crippen molar-refractivity contribution in [3.05, 3.63) is 72.1 Å². The van der Waals surface area contributed by atoms with Crippen molar-refractivity contribution in [2.24, 2.45) is 5.92 Å². The van der Waals surface area contributed by atoms with E-state index in [-0.39, 0.29) is 5.41 Å². The van der Waals surface area contributed by atoms with Crippen molar-refractivity contribution in [3.8, 4) is 11.3 Å². The van der Waals surface area contributed by atoms with E-state index in [1.807, 2.05) is 11.3 Å². The second kappa shape index (κ2) is 7.42. The number of thiophene rings is 1. The molecular formula is C28H28N2S. The molecule has 5 aromatic rings. The highest BCUT2D eigenvalue weighted by Gasteiger charge is 2.20. The van der Waals surface area contributed by atoms with Gasteiger partial charge in [0.05, 0.1) is 15.9 Å². The summed E-state index contributed by atoms with van der Waals surface area (Å²) in [5.41, 5.74) is 6.10. The Morgan fingerprint density at radius 3 is 2.42 bits per heavy atom. The fourth-order valence-electron chi connectivity index (χ4n) is 4.53. The first-order valence-electron chi connectivity index (χ1n) is 11.0. The Morgan fingerprint density at radius 2 is 1.65 bits per heavy atom. The van der Waals surface area contributed by atoms with Gasteiger partial charge in [-0.2, -0.15) is 0 Å². The molecule has 0 aliphatic carbocycles. The summed E-state index contributed by atoms with van der Waals surface area (Å²) in [5.74, 6) is 0.621. The van der Waals surface area contributed by atoms with Crippen LogP contribution in [0.3, 0.4) is 0 Å². The molecule has 0 amide bonds. The predicted octanol–water partition coefficient (Wildman–Crippen LogP) is 8.16. The second-order valence-electron chi connectivity index (χ2n) is 9.89. The van der Waals surface area contributed by atoms with Gasteiger partial charge in [0.2, 0.25) is 0 Å². The largest absolute Gasteiger partial charge is 0.235 e. The molecule has 0 fully saturated rings. The van der Waals surface area contributed by atoms with Gasteiger partial charge in [-0.05, 0) is 51.8 Å². The highest BCUT2D eigenvalue weighted by molar-refractivity contribution is 7.26. The second-order valence-corrected chi connectivity index (χ2v) is 10.9. The van der Waals surface area contributed by atoms with Crippen LogP contribution in [0.5, 0.6) is 0 Å². The van der Waals surface area contributed by atoms with Crippen LogP contribution in [0.1, 0.15) is 45.7 Å². The fraction of sp³-hybridized carbons (Fsp3) is 0.286. The van der Waals surface area contributed by atoms with Crippen molar-refractivity contribution < 1.29 is 0 Å². The van der Waals surface area contributed by atoms with E-state index in [9.17, 15) is 0 Å². The van der Waals surface area contributed by atoms with E-state index in [1.54, 1.807) is 6.33 Å². The van der Waals surface area contributed by atoms with Crippen LogP contribution < -0.4 is 0 Å². The molecule has 0 aliphatic rings. The lowest BCUT2D eigenvalue weighted by Crippen LogP contribution is -2.12. The molecule has 0 N–H and O–H groups in total. The summed E-state index contributed by atoms with van der Waals surface area (Å²) in [6.45, 7) is 11.4. The summed E-state index contributed by atoms with van der Waals surface area (Å²) in [6, 6.07) is 19.9. The highest BCUT2D eigenvalue weighted by Crippen LogP contribution is 2.41. The molecule has 5 rings (SSSR count). The molecule has 2 aromatic heterocycles. The Kier molecular flexibility index (Phi) is 4.82. The van der Waals surface area contributed by atoms with Gasteiger partial charge in [-0.25, -0.2) is 9.97 Å².